The molecule has 0 radical (unpaired) electrons. The van der Waals surface area contributed by atoms with Gasteiger partial charge in [-0.1, -0.05) is 91.0 Å². The molecule has 0 spiro atoms. The van der Waals surface area contributed by atoms with E-state index in [4.69, 9.17) is 15.0 Å². The highest BCUT2D eigenvalue weighted by Crippen LogP contribution is 2.34. The molecule has 0 bridgehead atoms. The number of fused-ring (bicyclic) bond motifs is 1. The Hall–Kier alpha value is -6.63. The van der Waals surface area contributed by atoms with Crippen LogP contribution in [0, 0.1) is 29.6 Å². The first-order valence-corrected chi connectivity index (χ1v) is 15.2. The number of aromatic nitrogens is 4. The van der Waals surface area contributed by atoms with Gasteiger partial charge < -0.3 is 4.57 Å². The van der Waals surface area contributed by atoms with E-state index in [-0.39, 0.29) is 0 Å². The standard InChI is InChI=1S/C41H28N6/c1-27(25-42)20-37-28(2)47(38-19-10-9-18-36(37)38)35-17-11-16-32(24-35)33-21-29(26-43)22-34(23-33)41-45-39(30-12-5-3-6-13-30)44-40(46-41)31-14-7-4-8-15-31/h3-24H,1-2H3/b27-20+. The summed E-state index contributed by atoms with van der Waals surface area (Å²) >= 11 is 0. The third kappa shape index (κ3) is 5.68. The van der Waals surface area contributed by atoms with Crippen LogP contribution in [-0.2, 0) is 0 Å². The second kappa shape index (κ2) is 12.4. The van der Waals surface area contributed by atoms with Crippen molar-refractivity contribution in [3.8, 4) is 63.1 Å². The topological polar surface area (TPSA) is 91.2 Å². The molecular formula is C41H28N6. The Kier molecular flexibility index (Phi) is 7.68. The summed E-state index contributed by atoms with van der Waals surface area (Å²) in [6, 6.07) is 46.5. The van der Waals surface area contributed by atoms with Gasteiger partial charge in [0, 0.05) is 44.6 Å². The Bertz CT molecular complexity index is 2330. The van der Waals surface area contributed by atoms with Crippen LogP contribution in [0.3, 0.4) is 0 Å². The molecule has 0 fully saturated rings. The minimum Gasteiger partial charge on any atom is -0.313 e. The SMILES string of the molecule is C/C(C#N)=C\c1c(C)n(-c2cccc(-c3cc(C#N)cc(-c4nc(-c5ccccc5)nc(-c5ccccc5)n4)c3)c2)c2ccccc12. The zero-order valence-electron chi connectivity index (χ0n) is 25.9. The van der Waals surface area contributed by atoms with Crippen molar-refractivity contribution in [2.45, 2.75) is 13.8 Å². The first-order valence-electron chi connectivity index (χ1n) is 15.2. The van der Waals surface area contributed by atoms with Crippen molar-refractivity contribution in [3.63, 3.8) is 0 Å². The molecule has 2 aromatic heterocycles. The fraction of sp³-hybridized carbons (Fsp3) is 0.0488. The van der Waals surface area contributed by atoms with Crippen LogP contribution in [0.1, 0.15) is 23.7 Å². The number of benzene rings is 5. The molecule has 7 aromatic rings. The van der Waals surface area contributed by atoms with E-state index in [1.165, 1.54) is 0 Å². The second-order valence-electron chi connectivity index (χ2n) is 11.3. The van der Waals surface area contributed by atoms with Gasteiger partial charge in [-0.25, -0.2) is 15.0 Å². The summed E-state index contributed by atoms with van der Waals surface area (Å²) in [4.78, 5) is 14.6. The lowest BCUT2D eigenvalue weighted by atomic mass is 9.99. The average Bonchev–Trinajstić information content (AvgIpc) is 3.42. The lowest BCUT2D eigenvalue weighted by molar-refractivity contribution is 1.05. The number of para-hydroxylation sites is 1. The summed E-state index contributed by atoms with van der Waals surface area (Å²) < 4.78 is 2.22. The molecule has 0 aliphatic rings. The molecule has 7 rings (SSSR count). The molecule has 0 atom stereocenters. The summed E-state index contributed by atoms with van der Waals surface area (Å²) in [6.07, 6.45) is 1.95. The second-order valence-corrected chi connectivity index (χ2v) is 11.3. The van der Waals surface area contributed by atoms with Crippen LogP contribution in [0.5, 0.6) is 0 Å². The van der Waals surface area contributed by atoms with Crippen molar-refractivity contribution < 1.29 is 0 Å². The van der Waals surface area contributed by atoms with Crippen LogP contribution < -0.4 is 0 Å². The lowest BCUT2D eigenvalue weighted by Gasteiger charge is -2.13. The predicted octanol–water partition coefficient (Wildman–Crippen LogP) is 9.59. The van der Waals surface area contributed by atoms with Gasteiger partial charge in [-0.3, -0.25) is 0 Å². The van der Waals surface area contributed by atoms with Crippen LogP contribution in [-0.4, -0.2) is 19.5 Å². The van der Waals surface area contributed by atoms with E-state index in [1.54, 1.807) is 0 Å². The van der Waals surface area contributed by atoms with Crippen molar-refractivity contribution in [2.24, 2.45) is 0 Å². The molecule has 0 saturated heterocycles. The molecule has 6 nitrogen and oxygen atoms in total. The van der Waals surface area contributed by atoms with Gasteiger partial charge in [0.1, 0.15) is 0 Å². The van der Waals surface area contributed by atoms with E-state index in [1.807, 2.05) is 116 Å². The third-order valence-electron chi connectivity index (χ3n) is 8.15. The van der Waals surface area contributed by atoms with E-state index < -0.39 is 0 Å². The van der Waals surface area contributed by atoms with E-state index in [0.717, 1.165) is 55.7 Å². The van der Waals surface area contributed by atoms with E-state index in [9.17, 15) is 10.5 Å². The molecule has 5 aromatic carbocycles. The fourth-order valence-electron chi connectivity index (χ4n) is 5.91. The largest absolute Gasteiger partial charge is 0.313 e. The number of hydrogen-bond donors (Lipinski definition) is 0. The minimum absolute atomic E-state index is 0.490. The molecule has 0 N–H and O–H groups in total. The van der Waals surface area contributed by atoms with Crippen LogP contribution >= 0.6 is 0 Å². The molecule has 47 heavy (non-hydrogen) atoms. The molecule has 0 aliphatic carbocycles. The van der Waals surface area contributed by atoms with E-state index >= 15 is 0 Å². The van der Waals surface area contributed by atoms with Gasteiger partial charge in [0.05, 0.1) is 23.2 Å². The van der Waals surface area contributed by atoms with Crippen molar-refractivity contribution in [2.75, 3.05) is 0 Å². The summed E-state index contributed by atoms with van der Waals surface area (Å²) in [5, 5.41) is 20.7. The first-order chi connectivity index (χ1) is 23.0. The third-order valence-corrected chi connectivity index (χ3v) is 8.15. The van der Waals surface area contributed by atoms with Crippen molar-refractivity contribution in [1.29, 1.82) is 10.5 Å². The Labute approximate surface area is 273 Å². The highest BCUT2D eigenvalue weighted by atomic mass is 15.0. The maximum absolute atomic E-state index is 10.1. The maximum Gasteiger partial charge on any atom is 0.164 e. The molecule has 6 heteroatoms. The quantitative estimate of drug-likeness (QED) is 0.176. The number of allylic oxidation sites excluding steroid dienone is 1. The number of nitrogens with zero attached hydrogens (tertiary/aromatic N) is 6. The Balaban J connectivity index is 1.38. The zero-order valence-corrected chi connectivity index (χ0v) is 25.9. The molecule has 222 valence electrons. The minimum atomic E-state index is 0.490. The van der Waals surface area contributed by atoms with Gasteiger partial charge in [0.2, 0.25) is 0 Å². The fourth-order valence-corrected chi connectivity index (χ4v) is 5.91. The number of nitriles is 2. The van der Waals surface area contributed by atoms with Gasteiger partial charge in [-0.15, -0.1) is 0 Å². The molecule has 0 aliphatic heterocycles. The molecular weight excluding hydrogens is 576 g/mol. The molecule has 0 saturated carbocycles. The molecule has 0 amide bonds. The van der Waals surface area contributed by atoms with Crippen molar-refractivity contribution in [1.82, 2.24) is 19.5 Å². The van der Waals surface area contributed by atoms with Crippen LogP contribution in [0.2, 0.25) is 0 Å². The summed E-state index contributed by atoms with van der Waals surface area (Å²) in [7, 11) is 0. The summed E-state index contributed by atoms with van der Waals surface area (Å²) in [6.45, 7) is 3.90. The maximum atomic E-state index is 10.1. The Morgan fingerprint density at radius 2 is 1.19 bits per heavy atom. The summed E-state index contributed by atoms with van der Waals surface area (Å²) in [5.41, 5.74) is 9.56. The first kappa shape index (κ1) is 29.1. The molecule has 0 unspecified atom stereocenters. The zero-order chi connectivity index (χ0) is 32.3. The normalized spacial score (nSPS) is 11.3. The van der Waals surface area contributed by atoms with Crippen molar-refractivity contribution in [3.05, 3.63) is 150 Å². The van der Waals surface area contributed by atoms with Crippen molar-refractivity contribution >= 4 is 17.0 Å². The van der Waals surface area contributed by atoms with Crippen LogP contribution in [0.25, 0.3) is 68.0 Å². The van der Waals surface area contributed by atoms with Gasteiger partial charge in [-0.05, 0) is 67.4 Å². The Morgan fingerprint density at radius 3 is 1.83 bits per heavy atom. The van der Waals surface area contributed by atoms with Crippen LogP contribution in [0.4, 0.5) is 0 Å². The van der Waals surface area contributed by atoms with Gasteiger partial charge >= 0.3 is 0 Å². The van der Waals surface area contributed by atoms with Crippen LogP contribution in [0.15, 0.2) is 133 Å². The van der Waals surface area contributed by atoms with Gasteiger partial charge in [0.15, 0.2) is 17.5 Å². The summed E-state index contributed by atoms with van der Waals surface area (Å²) in [5.74, 6) is 1.61. The predicted molar refractivity (Wildman–Crippen MR) is 187 cm³/mol. The monoisotopic (exact) mass is 604 g/mol. The Morgan fingerprint density at radius 1 is 0.617 bits per heavy atom. The lowest BCUT2D eigenvalue weighted by Crippen LogP contribution is -2.00. The highest BCUT2D eigenvalue weighted by molar-refractivity contribution is 5.93. The average molecular weight is 605 g/mol. The van der Waals surface area contributed by atoms with Gasteiger partial charge in [-0.2, -0.15) is 10.5 Å². The molecule has 2 heterocycles. The highest BCUT2D eigenvalue weighted by Gasteiger charge is 2.17. The smallest absolute Gasteiger partial charge is 0.164 e. The van der Waals surface area contributed by atoms with E-state index in [0.29, 0.717) is 28.6 Å². The number of rotatable bonds is 6. The van der Waals surface area contributed by atoms with Gasteiger partial charge in [0.25, 0.3) is 0 Å². The van der Waals surface area contributed by atoms with E-state index in [2.05, 4.69) is 47.9 Å². The number of hydrogen-bond acceptors (Lipinski definition) is 5.